The number of alkyl halides is 3. The fourth-order valence-corrected chi connectivity index (χ4v) is 6.41. The number of aryl methyl sites for hydroxylation is 1. The third-order valence-corrected chi connectivity index (χ3v) is 9.61. The molecule has 2 atom stereocenters. The molecule has 0 bridgehead atoms. The molecule has 3 N–H and O–H groups in total. The van der Waals surface area contributed by atoms with Crippen molar-refractivity contribution in [3.05, 3.63) is 135 Å². The van der Waals surface area contributed by atoms with E-state index in [2.05, 4.69) is 40.7 Å². The Bertz CT molecular complexity index is 1950. The Balaban J connectivity index is 0.000000187. The monoisotopic (exact) mass is 686 g/mol. The van der Waals surface area contributed by atoms with Crippen molar-refractivity contribution in [2.24, 2.45) is 5.14 Å². The highest BCUT2D eigenvalue weighted by Gasteiger charge is 2.35. The normalized spacial score (nSPS) is 16.3. The first-order chi connectivity index (χ1) is 21.8. The topological polar surface area (TPSA) is 90.0 Å². The summed E-state index contributed by atoms with van der Waals surface area (Å²) >= 11 is 12.2. The van der Waals surface area contributed by atoms with Crippen LogP contribution in [0.25, 0.3) is 16.9 Å². The molecule has 0 spiro atoms. The highest BCUT2D eigenvalue weighted by atomic mass is 35.5. The maximum Gasteiger partial charge on any atom is 0.435 e. The first-order valence-corrected chi connectivity index (χ1v) is 16.6. The number of rotatable bonds is 5. The maximum absolute atomic E-state index is 13.1. The van der Waals surface area contributed by atoms with Crippen molar-refractivity contribution >= 4 is 33.2 Å². The third kappa shape index (κ3) is 7.48. The molecule has 6 nitrogen and oxygen atoms in total. The van der Waals surface area contributed by atoms with E-state index in [0.29, 0.717) is 27.6 Å². The average molecular weight is 688 g/mol. The van der Waals surface area contributed by atoms with E-state index in [0.717, 1.165) is 29.2 Å². The van der Waals surface area contributed by atoms with E-state index in [-0.39, 0.29) is 16.3 Å². The Morgan fingerprint density at radius 2 is 1.52 bits per heavy atom. The highest BCUT2D eigenvalue weighted by molar-refractivity contribution is 7.89. The Hall–Kier alpha value is -3.67. The van der Waals surface area contributed by atoms with Crippen LogP contribution in [-0.2, 0) is 16.2 Å². The van der Waals surface area contributed by atoms with Gasteiger partial charge in [-0.15, -0.1) is 0 Å². The van der Waals surface area contributed by atoms with Crippen LogP contribution in [0.3, 0.4) is 0 Å². The van der Waals surface area contributed by atoms with E-state index in [1.807, 2.05) is 26.1 Å². The van der Waals surface area contributed by atoms with Crippen LogP contribution < -0.4 is 10.5 Å². The van der Waals surface area contributed by atoms with Gasteiger partial charge in [-0.2, -0.15) is 18.3 Å². The van der Waals surface area contributed by atoms with Crippen molar-refractivity contribution in [3.63, 3.8) is 0 Å². The predicted octanol–water partition coefficient (Wildman–Crippen LogP) is 8.69. The molecule has 6 rings (SSSR count). The lowest BCUT2D eigenvalue weighted by Gasteiger charge is -2.32. The third-order valence-electron chi connectivity index (χ3n) is 7.94. The van der Waals surface area contributed by atoms with Crippen LogP contribution in [0.15, 0.2) is 102 Å². The number of nitrogens with two attached hydrogens (primary N) is 1. The lowest BCUT2D eigenvalue weighted by Crippen LogP contribution is -2.24. The van der Waals surface area contributed by atoms with E-state index in [1.165, 1.54) is 41.0 Å². The Kier molecular flexibility index (Phi) is 9.95. The van der Waals surface area contributed by atoms with Gasteiger partial charge in [0.05, 0.1) is 26.3 Å². The number of hydrogen-bond acceptors (Lipinski definition) is 4. The van der Waals surface area contributed by atoms with E-state index in [4.69, 9.17) is 28.3 Å². The van der Waals surface area contributed by atoms with Gasteiger partial charge < -0.3 is 5.32 Å². The number of fused-ring (bicyclic) bond motifs is 1. The largest absolute Gasteiger partial charge is 0.435 e. The SMILES string of the molecule is CN[C@H]1CC[C@@H](c2ccc(Cl)c(Cl)c2)c2ccccc21.Cc1ccc(-c2cc(C(F)(F)F)nn2-c2ccc(S(N)(=O)=O)cc2)cc1. The van der Waals surface area contributed by atoms with Crippen molar-refractivity contribution < 1.29 is 21.6 Å². The van der Waals surface area contributed by atoms with Gasteiger partial charge in [0, 0.05) is 17.5 Å². The maximum atomic E-state index is 13.1. The number of hydrogen-bond donors (Lipinski definition) is 2. The van der Waals surface area contributed by atoms with E-state index in [9.17, 15) is 21.6 Å². The summed E-state index contributed by atoms with van der Waals surface area (Å²) in [4.78, 5) is -0.138. The van der Waals surface area contributed by atoms with Crippen LogP contribution in [0.5, 0.6) is 0 Å². The summed E-state index contributed by atoms with van der Waals surface area (Å²) in [6.07, 6.45) is -2.34. The van der Waals surface area contributed by atoms with Gasteiger partial charge in [-0.3, -0.25) is 0 Å². The summed E-state index contributed by atoms with van der Waals surface area (Å²) in [7, 11) is -1.87. The predicted molar refractivity (Wildman–Crippen MR) is 176 cm³/mol. The lowest BCUT2D eigenvalue weighted by molar-refractivity contribution is -0.141. The van der Waals surface area contributed by atoms with Crippen LogP contribution in [0.2, 0.25) is 10.0 Å². The van der Waals surface area contributed by atoms with Gasteiger partial charge in [0.15, 0.2) is 5.69 Å². The molecule has 4 aromatic carbocycles. The number of benzene rings is 4. The van der Waals surface area contributed by atoms with Gasteiger partial charge in [0.1, 0.15) is 0 Å². The number of nitrogens with zero attached hydrogens (tertiary/aromatic N) is 2. The molecule has 46 heavy (non-hydrogen) atoms. The Morgan fingerprint density at radius 3 is 2.11 bits per heavy atom. The van der Waals surface area contributed by atoms with Crippen molar-refractivity contribution in [2.45, 2.75) is 42.8 Å². The molecule has 0 saturated heterocycles. The minimum absolute atomic E-state index is 0.138. The quantitative estimate of drug-likeness (QED) is 0.194. The second-order valence-corrected chi connectivity index (χ2v) is 13.4. The second kappa shape index (κ2) is 13.6. The van der Waals surface area contributed by atoms with Gasteiger partial charge in [-0.05, 0) is 86.0 Å². The van der Waals surface area contributed by atoms with Crippen molar-refractivity contribution in [1.29, 1.82) is 0 Å². The molecule has 240 valence electrons. The van der Waals surface area contributed by atoms with Gasteiger partial charge in [-0.1, -0.05) is 83.4 Å². The highest BCUT2D eigenvalue weighted by Crippen LogP contribution is 2.42. The first kappa shape index (κ1) is 33.7. The lowest BCUT2D eigenvalue weighted by atomic mass is 9.77. The summed E-state index contributed by atoms with van der Waals surface area (Å²) in [6.45, 7) is 1.87. The molecular weight excluding hydrogens is 656 g/mol. The van der Waals surface area contributed by atoms with Crippen LogP contribution in [0.4, 0.5) is 13.2 Å². The van der Waals surface area contributed by atoms with Crippen molar-refractivity contribution in [3.8, 4) is 16.9 Å². The molecule has 0 radical (unpaired) electrons. The van der Waals surface area contributed by atoms with Crippen LogP contribution in [-0.4, -0.2) is 25.2 Å². The molecule has 0 amide bonds. The number of primary sulfonamides is 1. The van der Waals surface area contributed by atoms with Gasteiger partial charge in [0.2, 0.25) is 10.0 Å². The van der Waals surface area contributed by atoms with Gasteiger partial charge in [0.25, 0.3) is 0 Å². The number of halogens is 5. The van der Waals surface area contributed by atoms with Crippen LogP contribution >= 0.6 is 23.2 Å². The Morgan fingerprint density at radius 1 is 0.870 bits per heavy atom. The molecule has 0 aliphatic heterocycles. The van der Waals surface area contributed by atoms with E-state index >= 15 is 0 Å². The molecule has 0 unspecified atom stereocenters. The van der Waals surface area contributed by atoms with Crippen LogP contribution in [0, 0.1) is 6.92 Å². The molecule has 12 heteroatoms. The fraction of sp³-hybridized carbons (Fsp3) is 0.206. The fourth-order valence-electron chi connectivity index (χ4n) is 5.59. The smallest absolute Gasteiger partial charge is 0.313 e. The zero-order valence-electron chi connectivity index (χ0n) is 24.9. The molecule has 1 aromatic heterocycles. The summed E-state index contributed by atoms with van der Waals surface area (Å²) < 4.78 is 63.2. The van der Waals surface area contributed by atoms with E-state index in [1.54, 1.807) is 24.3 Å². The first-order valence-electron chi connectivity index (χ1n) is 14.3. The van der Waals surface area contributed by atoms with Crippen molar-refractivity contribution in [2.75, 3.05) is 7.05 Å². The van der Waals surface area contributed by atoms with E-state index < -0.39 is 21.9 Å². The zero-order chi connectivity index (χ0) is 33.2. The summed E-state index contributed by atoms with van der Waals surface area (Å²) in [5.74, 6) is 0.408. The second-order valence-electron chi connectivity index (χ2n) is 11.0. The van der Waals surface area contributed by atoms with Gasteiger partial charge >= 0.3 is 6.18 Å². The zero-order valence-corrected chi connectivity index (χ0v) is 27.2. The standard InChI is InChI=1S/C17H17Cl2N.C17H14F3N3O2S/c1-20-17-9-7-12(13-4-2-3-5-14(13)17)11-6-8-15(18)16(19)10-11;1-11-2-4-12(5-3-11)15-10-16(17(18,19)20)22-23(15)13-6-8-14(9-7-13)26(21,24)25/h2-6,8,10,12,17,20H,7,9H2,1H3;2-10H,1H3,(H2,21,24,25)/t12-,17-;/m0./s1. The van der Waals surface area contributed by atoms with Crippen molar-refractivity contribution in [1.82, 2.24) is 15.1 Å². The summed E-state index contributed by atoms with van der Waals surface area (Å²) in [5, 5.41) is 13.4. The average Bonchev–Trinajstić information content (AvgIpc) is 3.49. The summed E-state index contributed by atoms with van der Waals surface area (Å²) in [5.41, 5.74) is 5.05. The molecule has 0 fully saturated rings. The number of aromatic nitrogens is 2. The molecule has 5 aromatic rings. The molecule has 1 heterocycles. The molecular formula is C34H31Cl2F3N4O2S. The number of nitrogens with one attached hydrogen (secondary N) is 1. The minimum Gasteiger partial charge on any atom is -0.313 e. The number of sulfonamides is 1. The molecule has 1 aliphatic rings. The minimum atomic E-state index is -4.61. The molecule has 0 saturated carbocycles. The Labute approximate surface area is 276 Å². The van der Waals surface area contributed by atoms with Crippen LogP contribution in [0.1, 0.15) is 52.7 Å². The van der Waals surface area contributed by atoms with Gasteiger partial charge in [-0.25, -0.2) is 18.2 Å². The summed E-state index contributed by atoms with van der Waals surface area (Å²) in [6, 6.07) is 28.2. The molecule has 1 aliphatic carbocycles.